The largest absolute Gasteiger partial charge is 0.416 e. The molecule has 0 amide bonds. The van der Waals surface area contributed by atoms with Crippen molar-refractivity contribution in [3.05, 3.63) is 95.8 Å². The number of aliphatic imine (C=N–C) groups is 1. The molecule has 1 heterocycles. The Labute approximate surface area is 206 Å². The van der Waals surface area contributed by atoms with Crippen LogP contribution in [0.5, 0.6) is 0 Å². The summed E-state index contributed by atoms with van der Waals surface area (Å²) in [7, 11) is 0. The SMILES string of the molecule is C=C(/N=C(\C=C(/N)c1ccc(C(F)(F)F)cc1)C(C)(C)O)Nc1ccc(-n2cnc(C)c2)c(C#N)c1. The zero-order valence-corrected chi connectivity index (χ0v) is 19.9. The summed E-state index contributed by atoms with van der Waals surface area (Å²) in [5, 5.41) is 23.1. The summed E-state index contributed by atoms with van der Waals surface area (Å²) in [5.74, 6) is 0.152. The molecule has 0 bridgehead atoms. The Morgan fingerprint density at radius 1 is 1.22 bits per heavy atom. The van der Waals surface area contributed by atoms with Crippen LogP contribution in [0.2, 0.25) is 0 Å². The van der Waals surface area contributed by atoms with Crippen molar-refractivity contribution < 1.29 is 18.3 Å². The second-order valence-corrected chi connectivity index (χ2v) is 8.57. The van der Waals surface area contributed by atoms with Crippen LogP contribution in [0.15, 0.2) is 78.5 Å². The molecular formula is C26H25F3N6O. The van der Waals surface area contributed by atoms with E-state index in [-0.39, 0.29) is 17.2 Å². The summed E-state index contributed by atoms with van der Waals surface area (Å²) < 4.78 is 40.2. The number of nitrogens with one attached hydrogen (secondary N) is 1. The van der Waals surface area contributed by atoms with Crippen molar-refractivity contribution in [1.82, 2.24) is 9.55 Å². The van der Waals surface area contributed by atoms with E-state index in [0.717, 1.165) is 17.8 Å². The molecule has 0 fully saturated rings. The number of anilines is 1. The maximum absolute atomic E-state index is 12.8. The minimum atomic E-state index is -4.46. The van der Waals surface area contributed by atoms with Gasteiger partial charge in [-0.25, -0.2) is 9.98 Å². The van der Waals surface area contributed by atoms with E-state index in [1.807, 2.05) is 6.92 Å². The van der Waals surface area contributed by atoms with Crippen LogP contribution in [0.4, 0.5) is 18.9 Å². The fourth-order valence-corrected chi connectivity index (χ4v) is 3.25. The van der Waals surface area contributed by atoms with Gasteiger partial charge in [-0.2, -0.15) is 18.4 Å². The number of nitrogens with zero attached hydrogens (tertiary/aromatic N) is 4. The molecule has 0 atom stereocenters. The van der Waals surface area contributed by atoms with Gasteiger partial charge in [-0.1, -0.05) is 18.7 Å². The minimum absolute atomic E-state index is 0.115. The van der Waals surface area contributed by atoms with Crippen molar-refractivity contribution >= 4 is 17.1 Å². The third kappa shape index (κ3) is 6.40. The molecule has 0 saturated carbocycles. The van der Waals surface area contributed by atoms with Gasteiger partial charge in [0, 0.05) is 17.6 Å². The van der Waals surface area contributed by atoms with E-state index in [2.05, 4.69) is 27.9 Å². The summed E-state index contributed by atoms with van der Waals surface area (Å²) in [4.78, 5) is 8.50. The molecule has 4 N–H and O–H groups in total. The van der Waals surface area contributed by atoms with E-state index in [9.17, 15) is 23.5 Å². The Morgan fingerprint density at radius 3 is 2.42 bits per heavy atom. The predicted molar refractivity (Wildman–Crippen MR) is 133 cm³/mol. The molecule has 0 aliphatic carbocycles. The van der Waals surface area contributed by atoms with Gasteiger partial charge in [0.25, 0.3) is 0 Å². The zero-order valence-electron chi connectivity index (χ0n) is 19.9. The van der Waals surface area contributed by atoms with Crippen LogP contribution in [0.25, 0.3) is 11.4 Å². The van der Waals surface area contributed by atoms with Crippen LogP contribution in [0.1, 0.15) is 36.2 Å². The molecular weight excluding hydrogens is 469 g/mol. The highest BCUT2D eigenvalue weighted by Crippen LogP contribution is 2.30. The highest BCUT2D eigenvalue weighted by Gasteiger charge is 2.30. The number of hydrogen-bond donors (Lipinski definition) is 3. The first-order valence-electron chi connectivity index (χ1n) is 10.8. The van der Waals surface area contributed by atoms with Crippen molar-refractivity contribution in [3.8, 4) is 11.8 Å². The molecule has 1 aromatic heterocycles. The smallest absolute Gasteiger partial charge is 0.398 e. The van der Waals surface area contributed by atoms with Gasteiger partial charge in [-0.3, -0.25) is 0 Å². The molecule has 3 aromatic rings. The van der Waals surface area contributed by atoms with E-state index in [0.29, 0.717) is 22.5 Å². The molecule has 0 saturated heterocycles. The number of benzene rings is 2. The van der Waals surface area contributed by atoms with Crippen molar-refractivity contribution in [2.45, 2.75) is 32.5 Å². The van der Waals surface area contributed by atoms with Gasteiger partial charge in [0.1, 0.15) is 17.5 Å². The number of hydrogen-bond acceptors (Lipinski definition) is 6. The Kier molecular flexibility index (Phi) is 7.36. The summed E-state index contributed by atoms with van der Waals surface area (Å²) >= 11 is 0. The second kappa shape index (κ2) is 10.1. The van der Waals surface area contributed by atoms with E-state index in [4.69, 9.17) is 5.73 Å². The fourth-order valence-electron chi connectivity index (χ4n) is 3.25. The van der Waals surface area contributed by atoms with E-state index < -0.39 is 17.3 Å². The first-order valence-corrected chi connectivity index (χ1v) is 10.8. The number of imidazole rings is 1. The fraction of sp³-hybridized carbons (Fsp3) is 0.192. The van der Waals surface area contributed by atoms with Crippen LogP contribution in [0.3, 0.4) is 0 Å². The number of rotatable bonds is 7. The Hall–Kier alpha value is -4.36. The highest BCUT2D eigenvalue weighted by atomic mass is 19.4. The maximum Gasteiger partial charge on any atom is 0.416 e. The lowest BCUT2D eigenvalue weighted by molar-refractivity contribution is -0.137. The number of aryl methyl sites for hydroxylation is 1. The maximum atomic E-state index is 12.8. The van der Waals surface area contributed by atoms with E-state index in [1.54, 1.807) is 35.3 Å². The molecule has 0 aliphatic heterocycles. The molecule has 0 unspecified atom stereocenters. The van der Waals surface area contributed by atoms with Crippen molar-refractivity contribution in [2.24, 2.45) is 10.7 Å². The highest BCUT2D eigenvalue weighted by molar-refractivity contribution is 6.06. The van der Waals surface area contributed by atoms with Gasteiger partial charge >= 0.3 is 6.18 Å². The van der Waals surface area contributed by atoms with Gasteiger partial charge in [0.2, 0.25) is 0 Å². The lowest BCUT2D eigenvalue weighted by atomic mass is 9.99. The molecule has 0 radical (unpaired) electrons. The first kappa shape index (κ1) is 26.2. The molecule has 7 nitrogen and oxygen atoms in total. The van der Waals surface area contributed by atoms with Crippen LogP contribution < -0.4 is 11.1 Å². The number of alkyl halides is 3. The predicted octanol–water partition coefficient (Wildman–Crippen LogP) is 5.17. The standard InChI is InChI=1S/C26H25F3N6O/c1-16-14-35(15-32-16)23-10-9-21(11-19(23)13-30)33-17(2)34-24(25(3,4)36)12-22(31)18-5-7-20(8-6-18)26(27,28)29/h5-12,14-15,33,36H,2,31H2,1,3-4H3/b22-12-,34-24+. The molecule has 3 rings (SSSR count). The average molecular weight is 495 g/mol. The average Bonchev–Trinajstić information content (AvgIpc) is 3.23. The summed E-state index contributed by atoms with van der Waals surface area (Å²) in [6, 6.07) is 11.6. The Morgan fingerprint density at radius 2 is 1.89 bits per heavy atom. The van der Waals surface area contributed by atoms with Gasteiger partial charge < -0.3 is 20.7 Å². The van der Waals surface area contributed by atoms with Crippen LogP contribution in [0, 0.1) is 18.3 Å². The molecule has 186 valence electrons. The second-order valence-electron chi connectivity index (χ2n) is 8.57. The van der Waals surface area contributed by atoms with Crippen molar-refractivity contribution in [1.29, 1.82) is 5.26 Å². The molecule has 0 spiro atoms. The molecule has 10 heteroatoms. The molecule has 36 heavy (non-hydrogen) atoms. The first-order chi connectivity index (χ1) is 16.8. The van der Waals surface area contributed by atoms with Crippen LogP contribution >= 0.6 is 0 Å². The van der Waals surface area contributed by atoms with E-state index in [1.165, 1.54) is 32.1 Å². The third-order valence-corrected chi connectivity index (χ3v) is 5.12. The topological polar surface area (TPSA) is 112 Å². The monoisotopic (exact) mass is 494 g/mol. The minimum Gasteiger partial charge on any atom is -0.398 e. The van der Waals surface area contributed by atoms with Crippen molar-refractivity contribution in [3.63, 3.8) is 0 Å². The number of nitriles is 1. The zero-order chi connectivity index (χ0) is 26.7. The number of halogens is 3. The summed E-state index contributed by atoms with van der Waals surface area (Å²) in [6.45, 7) is 8.69. The molecule has 2 aromatic carbocycles. The number of nitrogens with two attached hydrogens (primary N) is 1. The quantitative estimate of drug-likeness (QED) is 0.393. The number of aromatic nitrogens is 2. The van der Waals surface area contributed by atoms with E-state index >= 15 is 0 Å². The van der Waals surface area contributed by atoms with Crippen LogP contribution in [-0.4, -0.2) is 26.0 Å². The van der Waals surface area contributed by atoms with Gasteiger partial charge in [0.05, 0.1) is 34.5 Å². The lowest BCUT2D eigenvalue weighted by Gasteiger charge is -2.19. The third-order valence-electron chi connectivity index (χ3n) is 5.12. The summed E-state index contributed by atoms with van der Waals surface area (Å²) in [5.41, 5.74) is 6.83. The Bertz CT molecular complexity index is 1370. The normalized spacial score (nSPS) is 12.8. The Balaban J connectivity index is 1.85. The van der Waals surface area contributed by atoms with Crippen molar-refractivity contribution in [2.75, 3.05) is 5.32 Å². The van der Waals surface area contributed by atoms with Gasteiger partial charge in [-0.15, -0.1) is 0 Å². The summed E-state index contributed by atoms with van der Waals surface area (Å²) in [6.07, 6.45) is 0.336. The lowest BCUT2D eigenvalue weighted by Crippen LogP contribution is -2.30. The van der Waals surface area contributed by atoms with Crippen LogP contribution in [-0.2, 0) is 6.18 Å². The molecule has 0 aliphatic rings. The van der Waals surface area contributed by atoms with Gasteiger partial charge in [-0.05, 0) is 62.7 Å². The number of aliphatic hydroxyl groups is 1. The van der Waals surface area contributed by atoms with Gasteiger partial charge in [0.15, 0.2) is 0 Å².